The lowest BCUT2D eigenvalue weighted by atomic mass is 10.1. The molecule has 0 radical (unpaired) electrons. The van der Waals surface area contributed by atoms with Crippen LogP contribution in [0.5, 0.6) is 0 Å². The van der Waals surface area contributed by atoms with Gasteiger partial charge in [0.1, 0.15) is 5.84 Å². The highest BCUT2D eigenvalue weighted by Crippen LogP contribution is 2.24. The Labute approximate surface area is 103 Å². The maximum atomic E-state index is 7.39. The van der Waals surface area contributed by atoms with Crippen LogP contribution in [0.1, 0.15) is 38.2 Å². The molecule has 3 N–H and O–H groups in total. The molecule has 1 aliphatic rings. The van der Waals surface area contributed by atoms with Crippen molar-refractivity contribution in [1.29, 1.82) is 5.41 Å². The SMILES string of the molecule is CC1CCCCCN1c1ccc(C(=N)N)cc1. The molecule has 1 heterocycles. The normalized spacial score (nSPS) is 21.0. The molecule has 1 aromatic rings. The van der Waals surface area contributed by atoms with Crippen LogP contribution in [-0.2, 0) is 0 Å². The Morgan fingerprint density at radius 2 is 1.94 bits per heavy atom. The standard InChI is InChI=1S/C14H21N3/c1-11-5-3-2-4-10-17(11)13-8-6-12(7-9-13)14(15)16/h6-9,11H,2-5,10H2,1H3,(H3,15,16). The van der Waals surface area contributed by atoms with E-state index in [1.807, 2.05) is 12.1 Å². The molecule has 0 bridgehead atoms. The summed E-state index contributed by atoms with van der Waals surface area (Å²) in [6.45, 7) is 3.44. The average Bonchev–Trinajstić information content (AvgIpc) is 2.54. The summed E-state index contributed by atoms with van der Waals surface area (Å²) in [5.41, 5.74) is 7.52. The first kappa shape index (κ1) is 12.0. The van der Waals surface area contributed by atoms with Gasteiger partial charge in [0.2, 0.25) is 0 Å². The van der Waals surface area contributed by atoms with Crippen molar-refractivity contribution in [1.82, 2.24) is 0 Å². The molecular weight excluding hydrogens is 210 g/mol. The number of nitrogens with zero attached hydrogens (tertiary/aromatic N) is 1. The van der Waals surface area contributed by atoms with Crippen LogP contribution in [0.25, 0.3) is 0 Å². The summed E-state index contributed by atoms with van der Waals surface area (Å²) in [6, 6.07) is 8.66. The number of nitrogens with one attached hydrogen (secondary N) is 1. The van der Waals surface area contributed by atoms with Crippen LogP contribution in [0.2, 0.25) is 0 Å². The molecule has 2 rings (SSSR count). The zero-order valence-corrected chi connectivity index (χ0v) is 10.4. The highest BCUT2D eigenvalue weighted by Gasteiger charge is 2.16. The van der Waals surface area contributed by atoms with Crippen molar-refractivity contribution >= 4 is 11.5 Å². The predicted octanol–water partition coefficient (Wildman–Crippen LogP) is 2.74. The van der Waals surface area contributed by atoms with Gasteiger partial charge in [-0.2, -0.15) is 0 Å². The second kappa shape index (κ2) is 5.21. The molecule has 0 saturated carbocycles. The van der Waals surface area contributed by atoms with E-state index in [9.17, 15) is 0 Å². The van der Waals surface area contributed by atoms with E-state index in [2.05, 4.69) is 24.0 Å². The third-order valence-electron chi connectivity index (χ3n) is 3.56. The molecule has 17 heavy (non-hydrogen) atoms. The Hall–Kier alpha value is -1.51. The summed E-state index contributed by atoms with van der Waals surface area (Å²) in [7, 11) is 0. The van der Waals surface area contributed by atoms with E-state index >= 15 is 0 Å². The molecule has 92 valence electrons. The summed E-state index contributed by atoms with van der Waals surface area (Å²) in [6.07, 6.45) is 5.23. The first-order chi connectivity index (χ1) is 8.18. The van der Waals surface area contributed by atoms with E-state index in [4.69, 9.17) is 11.1 Å². The molecule has 3 heteroatoms. The van der Waals surface area contributed by atoms with Crippen LogP contribution in [0.4, 0.5) is 5.69 Å². The van der Waals surface area contributed by atoms with E-state index in [1.165, 1.54) is 31.4 Å². The summed E-state index contributed by atoms with van der Waals surface area (Å²) in [4.78, 5) is 2.47. The predicted molar refractivity (Wildman–Crippen MR) is 72.7 cm³/mol. The van der Waals surface area contributed by atoms with Gasteiger partial charge in [-0.3, -0.25) is 5.41 Å². The second-order valence-electron chi connectivity index (χ2n) is 4.85. The molecular formula is C14H21N3. The summed E-state index contributed by atoms with van der Waals surface area (Å²) in [5, 5.41) is 7.39. The van der Waals surface area contributed by atoms with Gasteiger partial charge in [-0.1, -0.05) is 12.8 Å². The van der Waals surface area contributed by atoms with Gasteiger partial charge in [0.05, 0.1) is 0 Å². The van der Waals surface area contributed by atoms with Gasteiger partial charge >= 0.3 is 0 Å². The van der Waals surface area contributed by atoms with Gasteiger partial charge < -0.3 is 10.6 Å². The van der Waals surface area contributed by atoms with Crippen LogP contribution >= 0.6 is 0 Å². The number of anilines is 1. The van der Waals surface area contributed by atoms with Gasteiger partial charge in [0.25, 0.3) is 0 Å². The lowest BCUT2D eigenvalue weighted by Gasteiger charge is -2.29. The molecule has 1 fully saturated rings. The average molecular weight is 231 g/mol. The van der Waals surface area contributed by atoms with Crippen LogP contribution in [0.15, 0.2) is 24.3 Å². The highest BCUT2D eigenvalue weighted by molar-refractivity contribution is 5.95. The van der Waals surface area contributed by atoms with Crippen molar-refractivity contribution in [2.75, 3.05) is 11.4 Å². The molecule has 0 spiro atoms. The van der Waals surface area contributed by atoms with E-state index in [0.717, 1.165) is 12.1 Å². The lowest BCUT2D eigenvalue weighted by molar-refractivity contribution is 0.616. The molecule has 1 aromatic carbocycles. The molecule has 1 unspecified atom stereocenters. The quantitative estimate of drug-likeness (QED) is 0.607. The first-order valence-corrected chi connectivity index (χ1v) is 6.39. The zero-order chi connectivity index (χ0) is 12.3. The minimum absolute atomic E-state index is 0.139. The molecule has 1 saturated heterocycles. The number of rotatable bonds is 2. The van der Waals surface area contributed by atoms with Gasteiger partial charge in [-0.15, -0.1) is 0 Å². The van der Waals surface area contributed by atoms with E-state index < -0.39 is 0 Å². The van der Waals surface area contributed by atoms with E-state index in [-0.39, 0.29) is 5.84 Å². The Morgan fingerprint density at radius 3 is 2.59 bits per heavy atom. The fraction of sp³-hybridized carbons (Fsp3) is 0.500. The summed E-state index contributed by atoms with van der Waals surface area (Å²) < 4.78 is 0. The molecule has 0 aromatic heterocycles. The minimum Gasteiger partial charge on any atom is -0.384 e. The van der Waals surface area contributed by atoms with Gasteiger partial charge in [-0.05, 0) is 44.0 Å². The van der Waals surface area contributed by atoms with Gasteiger partial charge in [-0.25, -0.2) is 0 Å². The second-order valence-corrected chi connectivity index (χ2v) is 4.85. The van der Waals surface area contributed by atoms with E-state index in [1.54, 1.807) is 0 Å². The van der Waals surface area contributed by atoms with Crippen LogP contribution in [0, 0.1) is 5.41 Å². The van der Waals surface area contributed by atoms with Crippen molar-refractivity contribution < 1.29 is 0 Å². The number of hydrogen-bond donors (Lipinski definition) is 2. The Balaban J connectivity index is 2.17. The van der Waals surface area contributed by atoms with E-state index in [0.29, 0.717) is 6.04 Å². The number of amidine groups is 1. The summed E-state index contributed by atoms with van der Waals surface area (Å²) in [5.74, 6) is 0.139. The molecule has 1 atom stereocenters. The number of hydrogen-bond acceptors (Lipinski definition) is 2. The Bertz CT molecular complexity index is 383. The van der Waals surface area contributed by atoms with Crippen LogP contribution < -0.4 is 10.6 Å². The Kier molecular flexibility index (Phi) is 3.67. The highest BCUT2D eigenvalue weighted by atomic mass is 15.2. The maximum absolute atomic E-state index is 7.39. The molecule has 0 amide bonds. The van der Waals surface area contributed by atoms with Crippen LogP contribution in [0.3, 0.4) is 0 Å². The fourth-order valence-electron chi connectivity index (χ4n) is 2.49. The molecule has 0 aliphatic carbocycles. The Morgan fingerprint density at radius 1 is 1.24 bits per heavy atom. The summed E-state index contributed by atoms with van der Waals surface area (Å²) >= 11 is 0. The first-order valence-electron chi connectivity index (χ1n) is 6.39. The number of benzene rings is 1. The molecule has 3 nitrogen and oxygen atoms in total. The zero-order valence-electron chi connectivity index (χ0n) is 10.4. The largest absolute Gasteiger partial charge is 0.384 e. The monoisotopic (exact) mass is 231 g/mol. The minimum atomic E-state index is 0.139. The van der Waals surface area contributed by atoms with Crippen molar-refractivity contribution in [3.63, 3.8) is 0 Å². The number of nitrogens with two attached hydrogens (primary N) is 1. The topological polar surface area (TPSA) is 53.1 Å². The number of nitrogen functional groups attached to an aromatic ring is 1. The van der Waals surface area contributed by atoms with Crippen molar-refractivity contribution in [3.05, 3.63) is 29.8 Å². The maximum Gasteiger partial charge on any atom is 0.122 e. The van der Waals surface area contributed by atoms with Gasteiger partial charge in [0, 0.05) is 23.8 Å². The molecule has 1 aliphatic heterocycles. The third-order valence-corrected chi connectivity index (χ3v) is 3.56. The lowest BCUT2D eigenvalue weighted by Crippen LogP contribution is -2.32. The van der Waals surface area contributed by atoms with Gasteiger partial charge in [0.15, 0.2) is 0 Å². The third kappa shape index (κ3) is 2.78. The van der Waals surface area contributed by atoms with Crippen molar-refractivity contribution in [3.8, 4) is 0 Å². The van der Waals surface area contributed by atoms with Crippen LogP contribution in [-0.4, -0.2) is 18.4 Å². The fourth-order valence-corrected chi connectivity index (χ4v) is 2.49. The van der Waals surface area contributed by atoms with Crippen molar-refractivity contribution in [2.24, 2.45) is 5.73 Å². The smallest absolute Gasteiger partial charge is 0.122 e. The van der Waals surface area contributed by atoms with Crippen molar-refractivity contribution in [2.45, 2.75) is 38.6 Å².